The Kier molecular flexibility index (Phi) is 5.36. The zero-order chi connectivity index (χ0) is 14.5. The number of carbonyl (C=O) groups excluding carboxylic acids is 1. The third-order valence-electron chi connectivity index (χ3n) is 2.98. The Morgan fingerprint density at radius 2 is 2.00 bits per heavy atom. The number of nitrogens with zero attached hydrogens (tertiary/aromatic N) is 1. The zero-order valence-electron chi connectivity index (χ0n) is 12.3. The number of benzene rings is 1. The highest BCUT2D eigenvalue weighted by atomic mass is 16.5. The highest BCUT2D eigenvalue weighted by molar-refractivity contribution is 5.96. The molecule has 0 saturated heterocycles. The summed E-state index contributed by atoms with van der Waals surface area (Å²) in [6.45, 7) is 7.70. The summed E-state index contributed by atoms with van der Waals surface area (Å²) in [6.07, 6.45) is 0. The Balaban J connectivity index is 2.88. The van der Waals surface area contributed by atoms with E-state index in [0.29, 0.717) is 31.0 Å². The van der Waals surface area contributed by atoms with Gasteiger partial charge in [0.25, 0.3) is 5.91 Å². The molecule has 0 aromatic heterocycles. The molecule has 0 aliphatic heterocycles. The third-order valence-corrected chi connectivity index (χ3v) is 2.98. The fourth-order valence-electron chi connectivity index (χ4n) is 1.91. The normalized spacial score (nSPS) is 11.2. The minimum absolute atomic E-state index is 0.0365. The van der Waals surface area contributed by atoms with E-state index < -0.39 is 0 Å². The van der Waals surface area contributed by atoms with E-state index in [1.807, 2.05) is 39.0 Å². The molecular weight excluding hydrogens is 240 g/mol. The van der Waals surface area contributed by atoms with Gasteiger partial charge in [0.15, 0.2) is 0 Å². The van der Waals surface area contributed by atoms with Crippen molar-refractivity contribution in [2.75, 3.05) is 26.7 Å². The fraction of sp³-hybridized carbons (Fsp3) is 0.533. The van der Waals surface area contributed by atoms with Crippen LogP contribution in [0.1, 0.15) is 31.1 Å². The lowest BCUT2D eigenvalue weighted by atomic mass is 9.93. The molecule has 0 saturated carbocycles. The molecule has 0 aliphatic carbocycles. The van der Waals surface area contributed by atoms with Crippen LogP contribution < -0.4 is 10.5 Å². The van der Waals surface area contributed by atoms with Gasteiger partial charge in [0.05, 0.1) is 12.2 Å². The van der Waals surface area contributed by atoms with Gasteiger partial charge in [-0.1, -0.05) is 26.0 Å². The van der Waals surface area contributed by atoms with E-state index in [4.69, 9.17) is 10.5 Å². The molecule has 0 fully saturated rings. The first-order chi connectivity index (χ1) is 8.91. The van der Waals surface area contributed by atoms with Gasteiger partial charge < -0.3 is 15.4 Å². The lowest BCUT2D eigenvalue weighted by Crippen LogP contribution is -2.39. The molecule has 0 heterocycles. The standard InChI is InChI=1S/C15H24N2O2/c1-5-19-13-9-7-6-8-12(13)14(18)17(4)11-15(2,3)10-16/h6-9H,5,10-11,16H2,1-4H3. The molecule has 4 heteroatoms. The molecule has 0 bridgehead atoms. The predicted molar refractivity (Wildman–Crippen MR) is 77.4 cm³/mol. The van der Waals surface area contributed by atoms with Gasteiger partial charge in [0.2, 0.25) is 0 Å². The average Bonchev–Trinajstić information content (AvgIpc) is 2.38. The molecule has 1 amide bonds. The maximum atomic E-state index is 12.4. The van der Waals surface area contributed by atoms with Crippen LogP contribution in [-0.2, 0) is 0 Å². The van der Waals surface area contributed by atoms with Crippen molar-refractivity contribution in [2.45, 2.75) is 20.8 Å². The maximum Gasteiger partial charge on any atom is 0.257 e. The summed E-state index contributed by atoms with van der Waals surface area (Å²) in [5.41, 5.74) is 6.21. The topological polar surface area (TPSA) is 55.6 Å². The number of rotatable bonds is 6. The summed E-state index contributed by atoms with van der Waals surface area (Å²) in [7, 11) is 1.79. The lowest BCUT2D eigenvalue weighted by molar-refractivity contribution is 0.0736. The van der Waals surface area contributed by atoms with Crippen molar-refractivity contribution in [3.05, 3.63) is 29.8 Å². The number of amides is 1. The van der Waals surface area contributed by atoms with Crippen molar-refractivity contribution < 1.29 is 9.53 Å². The van der Waals surface area contributed by atoms with E-state index in [2.05, 4.69) is 0 Å². The Bertz CT molecular complexity index is 430. The molecule has 19 heavy (non-hydrogen) atoms. The van der Waals surface area contributed by atoms with E-state index >= 15 is 0 Å². The summed E-state index contributed by atoms with van der Waals surface area (Å²) in [6, 6.07) is 7.32. The molecular formula is C15H24N2O2. The summed E-state index contributed by atoms with van der Waals surface area (Å²) in [5, 5.41) is 0. The van der Waals surface area contributed by atoms with E-state index in [9.17, 15) is 4.79 Å². The smallest absolute Gasteiger partial charge is 0.257 e. The average molecular weight is 264 g/mol. The number of carbonyl (C=O) groups is 1. The van der Waals surface area contributed by atoms with Gasteiger partial charge in [-0.05, 0) is 31.0 Å². The number of ether oxygens (including phenoxy) is 1. The van der Waals surface area contributed by atoms with Crippen LogP contribution in [0.5, 0.6) is 5.75 Å². The fourth-order valence-corrected chi connectivity index (χ4v) is 1.91. The van der Waals surface area contributed by atoms with E-state index in [0.717, 1.165) is 0 Å². The molecule has 4 nitrogen and oxygen atoms in total. The molecule has 0 unspecified atom stereocenters. The molecule has 0 spiro atoms. The van der Waals surface area contributed by atoms with E-state index in [1.54, 1.807) is 18.0 Å². The molecule has 0 atom stereocenters. The largest absolute Gasteiger partial charge is 0.493 e. The Morgan fingerprint density at radius 3 is 2.58 bits per heavy atom. The van der Waals surface area contributed by atoms with Crippen LogP contribution in [0, 0.1) is 5.41 Å². The van der Waals surface area contributed by atoms with Gasteiger partial charge in [-0.3, -0.25) is 4.79 Å². The van der Waals surface area contributed by atoms with E-state index in [-0.39, 0.29) is 11.3 Å². The molecule has 1 aromatic rings. The van der Waals surface area contributed by atoms with Crippen LogP contribution in [0.15, 0.2) is 24.3 Å². The molecule has 106 valence electrons. The van der Waals surface area contributed by atoms with Crippen LogP contribution in [0.2, 0.25) is 0 Å². The van der Waals surface area contributed by atoms with Crippen LogP contribution >= 0.6 is 0 Å². The monoisotopic (exact) mass is 264 g/mol. The first-order valence-electron chi connectivity index (χ1n) is 6.58. The Hall–Kier alpha value is -1.55. The minimum Gasteiger partial charge on any atom is -0.493 e. The Morgan fingerprint density at radius 1 is 1.37 bits per heavy atom. The van der Waals surface area contributed by atoms with Gasteiger partial charge in [-0.25, -0.2) is 0 Å². The van der Waals surface area contributed by atoms with Crippen molar-refractivity contribution in [1.82, 2.24) is 4.90 Å². The maximum absolute atomic E-state index is 12.4. The van der Waals surface area contributed by atoms with Gasteiger partial charge in [0, 0.05) is 13.6 Å². The van der Waals surface area contributed by atoms with Crippen molar-refractivity contribution in [3.63, 3.8) is 0 Å². The number of hydrogen-bond acceptors (Lipinski definition) is 3. The van der Waals surface area contributed by atoms with Crippen molar-refractivity contribution in [2.24, 2.45) is 11.1 Å². The predicted octanol–water partition coefficient (Wildman–Crippen LogP) is 2.14. The second kappa shape index (κ2) is 6.57. The second-order valence-corrected chi connectivity index (χ2v) is 5.46. The summed E-state index contributed by atoms with van der Waals surface area (Å²) >= 11 is 0. The van der Waals surface area contributed by atoms with Crippen molar-refractivity contribution in [1.29, 1.82) is 0 Å². The van der Waals surface area contributed by atoms with Gasteiger partial charge in [0.1, 0.15) is 5.75 Å². The number of hydrogen-bond donors (Lipinski definition) is 1. The van der Waals surface area contributed by atoms with Crippen molar-refractivity contribution in [3.8, 4) is 5.75 Å². The van der Waals surface area contributed by atoms with E-state index in [1.165, 1.54) is 0 Å². The number of nitrogens with two attached hydrogens (primary N) is 1. The summed E-state index contributed by atoms with van der Waals surface area (Å²) < 4.78 is 5.49. The lowest BCUT2D eigenvalue weighted by Gasteiger charge is -2.29. The zero-order valence-corrected chi connectivity index (χ0v) is 12.3. The van der Waals surface area contributed by atoms with Crippen LogP contribution in [0.4, 0.5) is 0 Å². The molecule has 1 aromatic carbocycles. The third kappa shape index (κ3) is 4.24. The highest BCUT2D eigenvalue weighted by Crippen LogP contribution is 2.21. The molecule has 1 rings (SSSR count). The van der Waals surface area contributed by atoms with Gasteiger partial charge in [-0.15, -0.1) is 0 Å². The van der Waals surface area contributed by atoms with Gasteiger partial charge in [-0.2, -0.15) is 0 Å². The highest BCUT2D eigenvalue weighted by Gasteiger charge is 2.23. The first kappa shape index (κ1) is 15.5. The molecule has 2 N–H and O–H groups in total. The van der Waals surface area contributed by atoms with Crippen LogP contribution in [-0.4, -0.2) is 37.6 Å². The van der Waals surface area contributed by atoms with Gasteiger partial charge >= 0.3 is 0 Å². The quantitative estimate of drug-likeness (QED) is 0.856. The second-order valence-electron chi connectivity index (χ2n) is 5.46. The SMILES string of the molecule is CCOc1ccccc1C(=O)N(C)CC(C)(C)CN. The number of para-hydroxylation sites is 1. The van der Waals surface area contributed by atoms with Crippen molar-refractivity contribution >= 4 is 5.91 Å². The Labute approximate surface area is 115 Å². The summed E-state index contributed by atoms with van der Waals surface area (Å²) in [5.74, 6) is 0.595. The molecule has 0 radical (unpaired) electrons. The van der Waals surface area contributed by atoms with Crippen LogP contribution in [0.25, 0.3) is 0 Å². The van der Waals surface area contributed by atoms with Crippen LogP contribution in [0.3, 0.4) is 0 Å². The summed E-state index contributed by atoms with van der Waals surface area (Å²) in [4.78, 5) is 14.1. The minimum atomic E-state index is -0.0923. The molecule has 0 aliphatic rings. The first-order valence-corrected chi connectivity index (χ1v) is 6.58.